The summed E-state index contributed by atoms with van der Waals surface area (Å²) in [5, 5.41) is 1.23. The largest absolute Gasteiger partial charge is 0.255 e. The van der Waals surface area contributed by atoms with Crippen molar-refractivity contribution in [2.45, 2.75) is 6.92 Å². The van der Waals surface area contributed by atoms with Gasteiger partial charge in [-0.05, 0) is 30.7 Å². The summed E-state index contributed by atoms with van der Waals surface area (Å²) in [5.41, 5.74) is 2.94. The molecule has 0 amide bonds. The molecule has 0 spiro atoms. The maximum Gasteiger partial charge on any atom is 0.0830 e. The summed E-state index contributed by atoms with van der Waals surface area (Å²) in [6.45, 7) is 2.05. The Morgan fingerprint density at radius 3 is 2.41 bits per heavy atom. The van der Waals surface area contributed by atoms with Crippen molar-refractivity contribution in [2.24, 2.45) is 4.99 Å². The molecule has 0 radical (unpaired) electrons. The highest BCUT2D eigenvalue weighted by atomic mass is 35.5. The molecule has 2 aromatic carbocycles. The van der Waals surface area contributed by atoms with Gasteiger partial charge in [0.1, 0.15) is 0 Å². The molecule has 0 saturated carbocycles. The molecule has 0 bridgehead atoms. The van der Waals surface area contributed by atoms with E-state index in [1.165, 1.54) is 5.56 Å². The van der Waals surface area contributed by atoms with Gasteiger partial charge in [0, 0.05) is 11.2 Å². The van der Waals surface area contributed by atoms with E-state index in [-0.39, 0.29) is 0 Å². The third-order valence-electron chi connectivity index (χ3n) is 2.34. The average Bonchev–Trinajstić information content (AvgIpc) is 2.32. The number of hydrogen-bond donors (Lipinski definition) is 0. The van der Waals surface area contributed by atoms with E-state index in [4.69, 9.17) is 23.2 Å². The Kier molecular flexibility index (Phi) is 3.82. The number of benzene rings is 2. The van der Waals surface area contributed by atoms with Crippen LogP contribution in [0.4, 0.5) is 5.69 Å². The van der Waals surface area contributed by atoms with Crippen molar-refractivity contribution in [1.29, 1.82) is 0 Å². The van der Waals surface area contributed by atoms with Crippen molar-refractivity contribution in [3.8, 4) is 0 Å². The van der Waals surface area contributed by atoms with Crippen molar-refractivity contribution in [3.63, 3.8) is 0 Å². The average molecular weight is 264 g/mol. The van der Waals surface area contributed by atoms with Crippen LogP contribution in [-0.2, 0) is 0 Å². The van der Waals surface area contributed by atoms with E-state index in [0.717, 1.165) is 5.56 Å². The minimum atomic E-state index is 0.595. The second-order valence-corrected chi connectivity index (χ2v) is 4.61. The van der Waals surface area contributed by atoms with Crippen LogP contribution in [0, 0.1) is 6.92 Å². The zero-order valence-electron chi connectivity index (χ0n) is 9.32. The van der Waals surface area contributed by atoms with Gasteiger partial charge in [0.05, 0.1) is 10.7 Å². The summed E-state index contributed by atoms with van der Waals surface area (Å²) >= 11 is 11.9. The van der Waals surface area contributed by atoms with Gasteiger partial charge in [0.25, 0.3) is 0 Å². The molecule has 2 rings (SSSR count). The second kappa shape index (κ2) is 5.35. The molecule has 0 aliphatic rings. The van der Waals surface area contributed by atoms with Crippen LogP contribution in [0.5, 0.6) is 0 Å². The lowest BCUT2D eigenvalue weighted by atomic mass is 10.2. The molecule has 0 N–H and O–H groups in total. The normalized spacial score (nSPS) is 11.0. The van der Waals surface area contributed by atoms with E-state index >= 15 is 0 Å². The van der Waals surface area contributed by atoms with Crippen molar-refractivity contribution >= 4 is 35.1 Å². The lowest BCUT2D eigenvalue weighted by Crippen LogP contribution is -1.80. The first-order valence-corrected chi connectivity index (χ1v) is 5.96. The zero-order chi connectivity index (χ0) is 12.3. The maximum atomic E-state index is 6.02. The highest BCUT2D eigenvalue weighted by molar-refractivity contribution is 6.35. The van der Waals surface area contributed by atoms with Gasteiger partial charge in [-0.15, -0.1) is 0 Å². The highest BCUT2D eigenvalue weighted by Crippen LogP contribution is 2.27. The van der Waals surface area contributed by atoms with Gasteiger partial charge in [0.2, 0.25) is 0 Å². The molecule has 86 valence electrons. The van der Waals surface area contributed by atoms with Gasteiger partial charge < -0.3 is 0 Å². The van der Waals surface area contributed by atoms with Crippen LogP contribution < -0.4 is 0 Å². The molecule has 0 aliphatic carbocycles. The van der Waals surface area contributed by atoms with Crippen LogP contribution >= 0.6 is 23.2 Å². The lowest BCUT2D eigenvalue weighted by Gasteiger charge is -1.99. The fourth-order valence-electron chi connectivity index (χ4n) is 1.38. The van der Waals surface area contributed by atoms with Crippen molar-refractivity contribution in [1.82, 2.24) is 0 Å². The Hall–Kier alpha value is -1.31. The molecular weight excluding hydrogens is 253 g/mol. The second-order valence-electron chi connectivity index (χ2n) is 3.76. The van der Waals surface area contributed by atoms with Crippen LogP contribution in [0.3, 0.4) is 0 Å². The van der Waals surface area contributed by atoms with Gasteiger partial charge in [-0.1, -0.05) is 53.0 Å². The lowest BCUT2D eigenvalue weighted by molar-refractivity contribution is 1.46. The maximum absolute atomic E-state index is 6.02. The Labute approximate surface area is 111 Å². The fraction of sp³-hybridized carbons (Fsp3) is 0.0714. The molecular formula is C14H11Cl2N. The first kappa shape index (κ1) is 12.2. The zero-order valence-corrected chi connectivity index (χ0v) is 10.8. The van der Waals surface area contributed by atoms with E-state index in [9.17, 15) is 0 Å². The van der Waals surface area contributed by atoms with Crippen LogP contribution in [0.15, 0.2) is 47.5 Å². The minimum absolute atomic E-state index is 0.595. The van der Waals surface area contributed by atoms with Gasteiger partial charge in [-0.25, -0.2) is 0 Å². The smallest absolute Gasteiger partial charge is 0.0830 e. The number of aliphatic imine (C=N–C) groups is 1. The van der Waals surface area contributed by atoms with Gasteiger partial charge in [-0.3, -0.25) is 4.99 Å². The standard InChI is InChI=1S/C14H11Cl2N/c1-10-2-4-11(5-3-10)9-17-14-8-12(15)6-7-13(14)16/h2-9H,1H3. The first-order valence-electron chi connectivity index (χ1n) is 5.21. The van der Waals surface area contributed by atoms with Crippen molar-refractivity contribution < 1.29 is 0 Å². The number of rotatable bonds is 2. The summed E-state index contributed by atoms with van der Waals surface area (Å²) in [7, 11) is 0. The Balaban J connectivity index is 2.25. The third kappa shape index (κ3) is 3.32. The number of hydrogen-bond acceptors (Lipinski definition) is 1. The van der Waals surface area contributed by atoms with Gasteiger partial charge in [-0.2, -0.15) is 0 Å². The molecule has 0 saturated heterocycles. The fourth-order valence-corrected chi connectivity index (χ4v) is 1.71. The molecule has 2 aromatic rings. The quantitative estimate of drug-likeness (QED) is 0.673. The summed E-state index contributed by atoms with van der Waals surface area (Å²) in [6, 6.07) is 13.3. The van der Waals surface area contributed by atoms with E-state index < -0.39 is 0 Å². The van der Waals surface area contributed by atoms with E-state index in [1.54, 1.807) is 24.4 Å². The molecule has 1 nitrogen and oxygen atoms in total. The molecule has 0 atom stereocenters. The third-order valence-corrected chi connectivity index (χ3v) is 2.89. The van der Waals surface area contributed by atoms with Gasteiger partial charge >= 0.3 is 0 Å². The van der Waals surface area contributed by atoms with Crippen LogP contribution in [-0.4, -0.2) is 6.21 Å². The van der Waals surface area contributed by atoms with E-state index in [1.807, 2.05) is 24.3 Å². The molecule has 0 aliphatic heterocycles. The summed E-state index contributed by atoms with van der Waals surface area (Å²) in [4.78, 5) is 4.33. The molecule has 0 aromatic heterocycles. The molecule has 3 heteroatoms. The number of nitrogens with zero attached hydrogens (tertiary/aromatic N) is 1. The monoisotopic (exact) mass is 263 g/mol. The summed E-state index contributed by atoms with van der Waals surface area (Å²) in [6.07, 6.45) is 1.77. The topological polar surface area (TPSA) is 12.4 Å². The number of aryl methyl sites for hydroxylation is 1. The minimum Gasteiger partial charge on any atom is -0.255 e. The van der Waals surface area contributed by atoms with Crippen molar-refractivity contribution in [3.05, 3.63) is 63.6 Å². The molecule has 0 heterocycles. The molecule has 0 unspecified atom stereocenters. The van der Waals surface area contributed by atoms with Crippen LogP contribution in [0.25, 0.3) is 0 Å². The van der Waals surface area contributed by atoms with E-state index in [0.29, 0.717) is 15.7 Å². The Morgan fingerprint density at radius 1 is 1.00 bits per heavy atom. The van der Waals surface area contributed by atoms with Crippen molar-refractivity contribution in [2.75, 3.05) is 0 Å². The molecule has 17 heavy (non-hydrogen) atoms. The predicted octanol–water partition coefficient (Wildman–Crippen LogP) is 5.05. The molecule has 0 fully saturated rings. The predicted molar refractivity (Wildman–Crippen MR) is 74.9 cm³/mol. The van der Waals surface area contributed by atoms with Gasteiger partial charge in [0.15, 0.2) is 0 Å². The Morgan fingerprint density at radius 2 is 1.71 bits per heavy atom. The van der Waals surface area contributed by atoms with Crippen LogP contribution in [0.2, 0.25) is 10.0 Å². The number of halogens is 2. The Bertz CT molecular complexity index is 545. The van der Waals surface area contributed by atoms with Crippen LogP contribution in [0.1, 0.15) is 11.1 Å². The highest BCUT2D eigenvalue weighted by Gasteiger charge is 1.98. The first-order chi connectivity index (χ1) is 8.15. The SMILES string of the molecule is Cc1ccc(C=Nc2cc(Cl)ccc2Cl)cc1. The van der Waals surface area contributed by atoms with E-state index in [2.05, 4.69) is 11.9 Å². The summed E-state index contributed by atoms with van der Waals surface area (Å²) in [5.74, 6) is 0. The summed E-state index contributed by atoms with van der Waals surface area (Å²) < 4.78 is 0.